The maximum absolute atomic E-state index is 13.0. The highest BCUT2D eigenvalue weighted by Crippen LogP contribution is 2.23. The topological polar surface area (TPSA) is 74.1 Å². The maximum atomic E-state index is 13.0. The minimum atomic E-state index is -3.47. The fraction of sp³-hybridized carbons (Fsp3) is 0.353. The fourth-order valence-electron chi connectivity index (χ4n) is 2.73. The first-order valence-electron chi connectivity index (χ1n) is 8.11. The van der Waals surface area contributed by atoms with Gasteiger partial charge in [0, 0.05) is 45.8 Å². The Bertz CT molecular complexity index is 885. The molecule has 0 aliphatic carbocycles. The van der Waals surface area contributed by atoms with E-state index in [2.05, 4.69) is 0 Å². The Morgan fingerprint density at radius 1 is 1.04 bits per heavy atom. The molecule has 1 fully saturated rings. The van der Waals surface area contributed by atoms with E-state index in [9.17, 15) is 17.6 Å². The molecule has 7 nitrogen and oxygen atoms in total. The van der Waals surface area contributed by atoms with Crippen LogP contribution >= 0.6 is 0 Å². The minimum Gasteiger partial charge on any atom is -0.451 e. The molecule has 0 atom stereocenters. The van der Waals surface area contributed by atoms with Gasteiger partial charge in [-0.2, -0.15) is 17.0 Å². The molecule has 0 saturated carbocycles. The van der Waals surface area contributed by atoms with Crippen molar-refractivity contribution in [3.63, 3.8) is 0 Å². The molecule has 1 aliphatic rings. The monoisotopic (exact) mass is 381 g/mol. The van der Waals surface area contributed by atoms with E-state index >= 15 is 0 Å². The maximum Gasteiger partial charge on any atom is 0.289 e. The number of piperazine rings is 1. The molecule has 1 aromatic heterocycles. The third-order valence-corrected chi connectivity index (χ3v) is 6.20. The summed E-state index contributed by atoms with van der Waals surface area (Å²) in [4.78, 5) is 14.1. The molecule has 0 unspecified atom stereocenters. The molecule has 0 bridgehead atoms. The number of nitrogens with zero attached hydrogens (tertiary/aromatic N) is 3. The van der Waals surface area contributed by atoms with Crippen molar-refractivity contribution < 1.29 is 22.0 Å². The number of carbonyl (C=O) groups is 1. The van der Waals surface area contributed by atoms with Crippen LogP contribution < -0.4 is 0 Å². The molecule has 26 heavy (non-hydrogen) atoms. The molecule has 3 rings (SSSR count). The second-order valence-electron chi connectivity index (χ2n) is 6.15. The number of amides is 1. The Balaban J connectivity index is 1.67. The van der Waals surface area contributed by atoms with E-state index in [-0.39, 0.29) is 30.6 Å². The zero-order valence-electron chi connectivity index (χ0n) is 14.6. The summed E-state index contributed by atoms with van der Waals surface area (Å²) in [7, 11) is -0.517. The van der Waals surface area contributed by atoms with Crippen LogP contribution in [0, 0.1) is 5.82 Å². The molecule has 0 spiro atoms. The lowest BCUT2D eigenvalue weighted by molar-refractivity contribution is 0.0664. The molecule has 9 heteroatoms. The van der Waals surface area contributed by atoms with Crippen LogP contribution in [0.2, 0.25) is 0 Å². The number of furan rings is 1. The smallest absolute Gasteiger partial charge is 0.289 e. The summed E-state index contributed by atoms with van der Waals surface area (Å²) in [5, 5.41) is 0. The SMILES string of the molecule is CN(C)S(=O)(=O)N1CCN(C(=O)c2ccc(-c3ccc(F)cc3)o2)CC1. The molecule has 1 aliphatic heterocycles. The van der Waals surface area contributed by atoms with Gasteiger partial charge in [-0.1, -0.05) is 0 Å². The molecule has 0 N–H and O–H groups in total. The van der Waals surface area contributed by atoms with E-state index in [0.717, 1.165) is 4.31 Å². The summed E-state index contributed by atoms with van der Waals surface area (Å²) in [6.45, 7) is 1.05. The Hall–Kier alpha value is -2.23. The number of halogens is 1. The Morgan fingerprint density at radius 3 is 2.23 bits per heavy atom. The molecule has 0 radical (unpaired) electrons. The second kappa shape index (κ2) is 7.18. The molecule has 140 valence electrons. The van der Waals surface area contributed by atoms with Crippen molar-refractivity contribution >= 4 is 16.1 Å². The predicted molar refractivity (Wildman–Crippen MR) is 94.2 cm³/mol. The van der Waals surface area contributed by atoms with E-state index in [1.165, 1.54) is 30.5 Å². The van der Waals surface area contributed by atoms with Crippen LogP contribution in [0.3, 0.4) is 0 Å². The Morgan fingerprint density at radius 2 is 1.65 bits per heavy atom. The van der Waals surface area contributed by atoms with Crippen LogP contribution in [-0.2, 0) is 10.2 Å². The quantitative estimate of drug-likeness (QED) is 0.807. The standard InChI is InChI=1S/C17H20FN3O4S/c1-19(2)26(23,24)21-11-9-20(10-12-21)17(22)16-8-7-15(25-16)13-3-5-14(18)6-4-13/h3-8H,9-12H2,1-2H3. The summed E-state index contributed by atoms with van der Waals surface area (Å²) in [5.74, 6) is 0.0119. The number of rotatable bonds is 4. The highest BCUT2D eigenvalue weighted by molar-refractivity contribution is 7.86. The average molecular weight is 381 g/mol. The number of carbonyl (C=O) groups excluding carboxylic acids is 1. The number of hydrogen-bond donors (Lipinski definition) is 0. The average Bonchev–Trinajstić information content (AvgIpc) is 3.11. The van der Waals surface area contributed by atoms with E-state index < -0.39 is 10.2 Å². The van der Waals surface area contributed by atoms with Crippen molar-refractivity contribution in [2.45, 2.75) is 0 Å². The molecule has 2 aromatic rings. The van der Waals surface area contributed by atoms with Crippen molar-refractivity contribution in [2.24, 2.45) is 0 Å². The van der Waals surface area contributed by atoms with Gasteiger partial charge in [0.15, 0.2) is 5.76 Å². The molecule has 1 amide bonds. The van der Waals surface area contributed by atoms with Gasteiger partial charge in [-0.15, -0.1) is 0 Å². The van der Waals surface area contributed by atoms with Crippen LogP contribution in [0.5, 0.6) is 0 Å². The first-order valence-corrected chi connectivity index (χ1v) is 9.51. The Labute approximate surface area is 151 Å². The number of hydrogen-bond acceptors (Lipinski definition) is 4. The minimum absolute atomic E-state index is 0.174. The van der Waals surface area contributed by atoms with E-state index in [1.807, 2.05) is 0 Å². The van der Waals surface area contributed by atoms with Crippen LogP contribution in [0.1, 0.15) is 10.6 Å². The zero-order chi connectivity index (χ0) is 18.9. The predicted octanol–water partition coefficient (Wildman–Crippen LogP) is 1.65. The molecule has 1 aromatic carbocycles. The van der Waals surface area contributed by atoms with Crippen LogP contribution in [0.25, 0.3) is 11.3 Å². The van der Waals surface area contributed by atoms with E-state index in [1.54, 1.807) is 29.2 Å². The first-order chi connectivity index (χ1) is 12.3. The van der Waals surface area contributed by atoms with Crippen molar-refractivity contribution in [3.8, 4) is 11.3 Å². The van der Waals surface area contributed by atoms with Crippen molar-refractivity contribution in [2.75, 3.05) is 40.3 Å². The van der Waals surface area contributed by atoms with Gasteiger partial charge < -0.3 is 9.32 Å². The van der Waals surface area contributed by atoms with Gasteiger partial charge in [0.1, 0.15) is 11.6 Å². The molecular weight excluding hydrogens is 361 g/mol. The van der Waals surface area contributed by atoms with E-state index in [0.29, 0.717) is 24.4 Å². The molecular formula is C17H20FN3O4S. The molecule has 2 heterocycles. The molecule has 1 saturated heterocycles. The van der Waals surface area contributed by atoms with Gasteiger partial charge in [-0.3, -0.25) is 4.79 Å². The van der Waals surface area contributed by atoms with Gasteiger partial charge in [-0.25, -0.2) is 4.39 Å². The third kappa shape index (κ3) is 3.64. The van der Waals surface area contributed by atoms with Gasteiger partial charge in [0.05, 0.1) is 0 Å². The Kier molecular flexibility index (Phi) is 5.12. The fourth-order valence-corrected chi connectivity index (χ4v) is 3.82. The largest absolute Gasteiger partial charge is 0.451 e. The summed E-state index contributed by atoms with van der Waals surface area (Å²) >= 11 is 0. The van der Waals surface area contributed by atoms with Crippen LogP contribution in [0.4, 0.5) is 4.39 Å². The van der Waals surface area contributed by atoms with Crippen molar-refractivity contribution in [1.82, 2.24) is 13.5 Å². The third-order valence-electron chi connectivity index (χ3n) is 4.26. The van der Waals surface area contributed by atoms with Crippen LogP contribution in [-0.4, -0.2) is 68.1 Å². The summed E-state index contributed by atoms with van der Waals surface area (Å²) in [6.07, 6.45) is 0. The second-order valence-corrected chi connectivity index (χ2v) is 8.29. The summed E-state index contributed by atoms with van der Waals surface area (Å²) < 4.78 is 45.4. The zero-order valence-corrected chi connectivity index (χ0v) is 15.4. The van der Waals surface area contributed by atoms with Crippen molar-refractivity contribution in [1.29, 1.82) is 0 Å². The van der Waals surface area contributed by atoms with Crippen molar-refractivity contribution in [3.05, 3.63) is 48.0 Å². The van der Waals surface area contributed by atoms with Gasteiger partial charge >= 0.3 is 0 Å². The first kappa shape index (κ1) is 18.6. The van der Waals surface area contributed by atoms with Gasteiger partial charge in [0.25, 0.3) is 16.1 Å². The highest BCUT2D eigenvalue weighted by atomic mass is 32.2. The van der Waals surface area contributed by atoms with E-state index in [4.69, 9.17) is 4.42 Å². The lowest BCUT2D eigenvalue weighted by atomic mass is 10.2. The lowest BCUT2D eigenvalue weighted by Gasteiger charge is -2.34. The number of benzene rings is 1. The van der Waals surface area contributed by atoms with Crippen LogP contribution in [0.15, 0.2) is 40.8 Å². The van der Waals surface area contributed by atoms with Gasteiger partial charge in [0.2, 0.25) is 0 Å². The summed E-state index contributed by atoms with van der Waals surface area (Å²) in [6, 6.07) is 9.03. The summed E-state index contributed by atoms with van der Waals surface area (Å²) in [5.41, 5.74) is 0.673. The highest BCUT2D eigenvalue weighted by Gasteiger charge is 2.31. The normalized spacial score (nSPS) is 16.2. The lowest BCUT2D eigenvalue weighted by Crippen LogP contribution is -2.53. The van der Waals surface area contributed by atoms with Gasteiger partial charge in [-0.05, 0) is 36.4 Å².